The average molecular weight is 270 g/mol. The summed E-state index contributed by atoms with van der Waals surface area (Å²) in [4.78, 5) is 19.8. The smallest absolute Gasteiger partial charge is 0.265 e. The molecule has 1 unspecified atom stereocenters. The molecule has 2 aromatic rings. The lowest BCUT2D eigenvalue weighted by Gasteiger charge is -2.23. The summed E-state index contributed by atoms with van der Waals surface area (Å²) in [6.07, 6.45) is 4.54. The van der Waals surface area contributed by atoms with E-state index < -0.39 is 6.10 Å². The van der Waals surface area contributed by atoms with Crippen LogP contribution in [0, 0.1) is 0 Å². The van der Waals surface area contributed by atoms with Gasteiger partial charge in [0.2, 0.25) is 0 Å². The fourth-order valence-corrected chi connectivity index (χ4v) is 1.93. The molecule has 0 saturated carbocycles. The van der Waals surface area contributed by atoms with Crippen molar-refractivity contribution in [2.45, 2.75) is 19.6 Å². The van der Waals surface area contributed by atoms with E-state index in [1.807, 2.05) is 18.2 Å². The molecule has 0 radical (unpaired) electrons. The lowest BCUT2D eigenvalue weighted by molar-refractivity contribution is -0.122. The van der Waals surface area contributed by atoms with E-state index in [1.165, 1.54) is 0 Å². The summed E-state index contributed by atoms with van der Waals surface area (Å²) in [5.41, 5.74) is 2.41. The van der Waals surface area contributed by atoms with Crippen molar-refractivity contribution in [3.8, 4) is 5.75 Å². The Bertz CT molecular complexity index is 630. The van der Waals surface area contributed by atoms with Gasteiger partial charge in [0.05, 0.1) is 24.1 Å². The van der Waals surface area contributed by atoms with Crippen LogP contribution in [0.1, 0.15) is 12.6 Å². The van der Waals surface area contributed by atoms with Gasteiger partial charge in [-0.2, -0.15) is 0 Å². The van der Waals surface area contributed by atoms with Gasteiger partial charge in [-0.3, -0.25) is 14.8 Å². The maximum absolute atomic E-state index is 11.6. The third-order valence-corrected chi connectivity index (χ3v) is 3.00. The van der Waals surface area contributed by atoms with Crippen LogP contribution in [0.15, 0.2) is 36.8 Å². The average Bonchev–Trinajstić information content (AvgIpc) is 2.47. The highest BCUT2D eigenvalue weighted by Gasteiger charge is 2.23. The minimum absolute atomic E-state index is 0.136. The topological polar surface area (TPSA) is 76.1 Å². The fraction of sp³-hybridized carbons (Fsp3) is 0.214. The standard InChI is InChI=1S/C14H14N4O2/c1-9-14(19)18-12-6-10(2-3-13(12)20-9)17-8-11-7-15-4-5-16-11/h2-7,9,17H,8H2,1H3,(H,18,19). The summed E-state index contributed by atoms with van der Waals surface area (Å²) >= 11 is 0. The van der Waals surface area contributed by atoms with E-state index in [-0.39, 0.29) is 5.91 Å². The summed E-state index contributed by atoms with van der Waals surface area (Å²) in [7, 11) is 0. The minimum Gasteiger partial charge on any atom is -0.479 e. The number of aromatic nitrogens is 2. The molecule has 1 aromatic carbocycles. The summed E-state index contributed by atoms with van der Waals surface area (Å²) in [6.45, 7) is 2.29. The first-order valence-corrected chi connectivity index (χ1v) is 6.33. The number of nitrogens with one attached hydrogen (secondary N) is 2. The number of amides is 1. The Balaban J connectivity index is 1.73. The zero-order valence-corrected chi connectivity index (χ0v) is 11.0. The molecule has 0 saturated heterocycles. The molecular weight excluding hydrogens is 256 g/mol. The summed E-state index contributed by atoms with van der Waals surface area (Å²) in [5.74, 6) is 0.547. The third kappa shape index (κ3) is 2.54. The first kappa shape index (κ1) is 12.4. The van der Waals surface area contributed by atoms with Crippen LogP contribution in [0.3, 0.4) is 0 Å². The molecule has 0 bridgehead atoms. The quantitative estimate of drug-likeness (QED) is 0.889. The number of rotatable bonds is 3. The predicted molar refractivity (Wildman–Crippen MR) is 74.5 cm³/mol. The molecule has 102 valence electrons. The van der Waals surface area contributed by atoms with Crippen LogP contribution in [0.5, 0.6) is 5.75 Å². The highest BCUT2D eigenvalue weighted by molar-refractivity contribution is 5.98. The van der Waals surface area contributed by atoms with Gasteiger partial charge in [0.1, 0.15) is 5.75 Å². The lowest BCUT2D eigenvalue weighted by Crippen LogP contribution is -2.34. The molecule has 2 N–H and O–H groups in total. The second-order valence-electron chi connectivity index (χ2n) is 4.51. The van der Waals surface area contributed by atoms with Crippen LogP contribution in [0.25, 0.3) is 0 Å². The number of carbonyl (C=O) groups is 1. The van der Waals surface area contributed by atoms with E-state index in [0.29, 0.717) is 18.0 Å². The van der Waals surface area contributed by atoms with E-state index in [1.54, 1.807) is 25.5 Å². The van der Waals surface area contributed by atoms with Crippen LogP contribution < -0.4 is 15.4 Å². The number of carbonyl (C=O) groups excluding carboxylic acids is 1. The van der Waals surface area contributed by atoms with Crippen LogP contribution >= 0.6 is 0 Å². The first-order valence-electron chi connectivity index (χ1n) is 6.33. The van der Waals surface area contributed by atoms with Gasteiger partial charge in [0.25, 0.3) is 5.91 Å². The molecule has 1 aliphatic rings. The molecule has 1 aliphatic heterocycles. The lowest BCUT2D eigenvalue weighted by atomic mass is 10.2. The zero-order valence-electron chi connectivity index (χ0n) is 11.0. The highest BCUT2D eigenvalue weighted by atomic mass is 16.5. The third-order valence-electron chi connectivity index (χ3n) is 3.00. The summed E-state index contributed by atoms with van der Waals surface area (Å²) in [6, 6.07) is 5.58. The van der Waals surface area contributed by atoms with Crippen molar-refractivity contribution in [1.82, 2.24) is 9.97 Å². The van der Waals surface area contributed by atoms with Crippen LogP contribution in [0.4, 0.5) is 11.4 Å². The summed E-state index contributed by atoms with van der Waals surface area (Å²) in [5, 5.41) is 6.04. The molecule has 1 amide bonds. The number of nitrogens with zero attached hydrogens (tertiary/aromatic N) is 2. The van der Waals surface area contributed by atoms with Gasteiger partial charge in [0.15, 0.2) is 6.10 Å². The monoisotopic (exact) mass is 270 g/mol. The Kier molecular flexibility index (Phi) is 3.20. The van der Waals surface area contributed by atoms with Crippen molar-refractivity contribution in [2.75, 3.05) is 10.6 Å². The van der Waals surface area contributed by atoms with E-state index >= 15 is 0 Å². The molecule has 0 aliphatic carbocycles. The van der Waals surface area contributed by atoms with Gasteiger partial charge in [-0.15, -0.1) is 0 Å². The van der Waals surface area contributed by atoms with E-state index in [2.05, 4.69) is 20.6 Å². The number of anilines is 2. The molecule has 6 nitrogen and oxygen atoms in total. The molecule has 1 aromatic heterocycles. The number of ether oxygens (including phenoxy) is 1. The van der Waals surface area contributed by atoms with Gasteiger partial charge in [-0.05, 0) is 25.1 Å². The highest BCUT2D eigenvalue weighted by Crippen LogP contribution is 2.32. The van der Waals surface area contributed by atoms with Crippen molar-refractivity contribution in [1.29, 1.82) is 0 Å². The molecule has 3 rings (SSSR count). The molecule has 1 atom stereocenters. The van der Waals surface area contributed by atoms with E-state index in [0.717, 1.165) is 11.4 Å². The first-order chi connectivity index (χ1) is 9.72. The Morgan fingerprint density at radius 2 is 2.30 bits per heavy atom. The van der Waals surface area contributed by atoms with Gasteiger partial charge in [-0.25, -0.2) is 0 Å². The van der Waals surface area contributed by atoms with Crippen molar-refractivity contribution in [3.63, 3.8) is 0 Å². The van der Waals surface area contributed by atoms with E-state index in [9.17, 15) is 4.79 Å². The normalized spacial score (nSPS) is 16.9. The molecule has 2 heterocycles. The Labute approximate surface area is 116 Å². The van der Waals surface area contributed by atoms with Gasteiger partial charge >= 0.3 is 0 Å². The van der Waals surface area contributed by atoms with Crippen molar-refractivity contribution in [3.05, 3.63) is 42.5 Å². The minimum atomic E-state index is -0.457. The second-order valence-corrected chi connectivity index (χ2v) is 4.51. The predicted octanol–water partition coefficient (Wildman–Crippen LogP) is 1.81. The maximum Gasteiger partial charge on any atom is 0.265 e. The molecule has 6 heteroatoms. The Hall–Kier alpha value is -2.63. The van der Waals surface area contributed by atoms with Crippen molar-refractivity contribution >= 4 is 17.3 Å². The van der Waals surface area contributed by atoms with Gasteiger partial charge in [0, 0.05) is 18.1 Å². The van der Waals surface area contributed by atoms with Gasteiger partial charge < -0.3 is 15.4 Å². The second kappa shape index (κ2) is 5.16. The Morgan fingerprint density at radius 3 is 3.10 bits per heavy atom. The molecule has 0 fully saturated rings. The Morgan fingerprint density at radius 1 is 1.40 bits per heavy atom. The maximum atomic E-state index is 11.6. The number of hydrogen-bond donors (Lipinski definition) is 2. The number of hydrogen-bond acceptors (Lipinski definition) is 5. The van der Waals surface area contributed by atoms with E-state index in [4.69, 9.17) is 4.74 Å². The molecular formula is C14H14N4O2. The van der Waals surface area contributed by atoms with Crippen molar-refractivity contribution < 1.29 is 9.53 Å². The zero-order chi connectivity index (χ0) is 13.9. The number of fused-ring (bicyclic) bond motifs is 1. The fourth-order valence-electron chi connectivity index (χ4n) is 1.93. The molecule has 0 spiro atoms. The van der Waals surface area contributed by atoms with Gasteiger partial charge in [-0.1, -0.05) is 0 Å². The number of benzene rings is 1. The van der Waals surface area contributed by atoms with Crippen molar-refractivity contribution in [2.24, 2.45) is 0 Å². The van der Waals surface area contributed by atoms with Crippen LogP contribution in [0.2, 0.25) is 0 Å². The molecule has 20 heavy (non-hydrogen) atoms. The largest absolute Gasteiger partial charge is 0.479 e. The SMILES string of the molecule is CC1Oc2ccc(NCc3cnccn3)cc2NC1=O. The van der Waals surface area contributed by atoms with Crippen LogP contribution in [-0.4, -0.2) is 22.0 Å². The summed E-state index contributed by atoms with van der Waals surface area (Å²) < 4.78 is 5.50. The van der Waals surface area contributed by atoms with Crippen LogP contribution in [-0.2, 0) is 11.3 Å².